The van der Waals surface area contributed by atoms with Gasteiger partial charge in [0.2, 0.25) is 10.0 Å². The zero-order valence-electron chi connectivity index (χ0n) is 11.2. The number of nitrogens with two attached hydrogens (primary N) is 1. The van der Waals surface area contributed by atoms with Gasteiger partial charge in [-0.15, -0.1) is 0 Å². The predicted octanol–water partition coefficient (Wildman–Crippen LogP) is 2.99. The summed E-state index contributed by atoms with van der Waals surface area (Å²) < 4.78 is 27.8. The van der Waals surface area contributed by atoms with E-state index in [2.05, 4.69) is 15.9 Å². The molecule has 0 spiro atoms. The molecule has 0 bridgehead atoms. The lowest BCUT2D eigenvalue weighted by molar-refractivity contribution is 0.227. The van der Waals surface area contributed by atoms with Crippen LogP contribution in [0.1, 0.15) is 26.2 Å². The minimum atomic E-state index is -3.64. The third-order valence-electron chi connectivity index (χ3n) is 3.59. The molecule has 1 fully saturated rings. The highest BCUT2D eigenvalue weighted by Gasteiger charge is 2.37. The molecule has 7 heteroatoms. The summed E-state index contributed by atoms with van der Waals surface area (Å²) in [7, 11) is -3.64. The number of hydrogen-bond acceptors (Lipinski definition) is 3. The molecule has 0 aromatic heterocycles. The van der Waals surface area contributed by atoms with Crippen LogP contribution < -0.4 is 5.73 Å². The summed E-state index contributed by atoms with van der Waals surface area (Å²) in [6, 6.07) is 4.61. The highest BCUT2D eigenvalue weighted by Crippen LogP contribution is 2.34. The Morgan fingerprint density at radius 3 is 2.75 bits per heavy atom. The second-order valence-corrected chi connectivity index (χ2v) is 8.18. The Morgan fingerprint density at radius 1 is 1.45 bits per heavy atom. The average Bonchev–Trinajstić information content (AvgIpc) is 2.38. The predicted molar refractivity (Wildman–Crippen MR) is 84.3 cm³/mol. The van der Waals surface area contributed by atoms with Gasteiger partial charge in [0.1, 0.15) is 4.90 Å². The maximum Gasteiger partial charge on any atom is 0.245 e. The maximum absolute atomic E-state index is 12.9. The van der Waals surface area contributed by atoms with Gasteiger partial charge < -0.3 is 5.73 Å². The lowest BCUT2D eigenvalue weighted by Gasteiger charge is -2.37. The van der Waals surface area contributed by atoms with Crippen LogP contribution in [0.5, 0.6) is 0 Å². The number of sulfonamides is 1. The Bertz CT molecular complexity index is 572. The van der Waals surface area contributed by atoms with Crippen LogP contribution in [0.2, 0.25) is 5.02 Å². The van der Waals surface area contributed by atoms with Gasteiger partial charge in [-0.1, -0.05) is 24.1 Å². The van der Waals surface area contributed by atoms with E-state index in [1.807, 2.05) is 6.92 Å². The minimum Gasteiger partial charge on any atom is -0.326 e. The van der Waals surface area contributed by atoms with E-state index in [1.54, 1.807) is 18.2 Å². The Kier molecular flexibility index (Phi) is 5.13. The van der Waals surface area contributed by atoms with Gasteiger partial charge in [0.25, 0.3) is 0 Å². The molecular weight excluding hydrogens is 364 g/mol. The molecule has 1 aromatic carbocycles. The summed E-state index contributed by atoms with van der Waals surface area (Å²) in [6.45, 7) is 2.34. The standard InChI is InChI=1S/C13H18BrClN2O2S/c1-9(16)12-7-2-3-8-17(12)20(18,19)13-10(14)5-4-6-11(13)15/h4-6,9,12H,2-3,7-8,16H2,1H3. The van der Waals surface area contributed by atoms with Crippen LogP contribution in [0.25, 0.3) is 0 Å². The third kappa shape index (κ3) is 3.04. The van der Waals surface area contributed by atoms with Crippen molar-refractivity contribution in [2.24, 2.45) is 5.73 Å². The summed E-state index contributed by atoms with van der Waals surface area (Å²) in [5.41, 5.74) is 5.96. The van der Waals surface area contributed by atoms with Crippen LogP contribution in [-0.4, -0.2) is 31.4 Å². The van der Waals surface area contributed by atoms with Crippen LogP contribution in [0.4, 0.5) is 0 Å². The van der Waals surface area contributed by atoms with Gasteiger partial charge >= 0.3 is 0 Å². The molecule has 2 atom stereocenters. The van der Waals surface area contributed by atoms with Crippen LogP contribution in [0, 0.1) is 0 Å². The van der Waals surface area contributed by atoms with Crippen LogP contribution in [0.3, 0.4) is 0 Å². The van der Waals surface area contributed by atoms with Crippen molar-refractivity contribution in [3.8, 4) is 0 Å². The number of halogens is 2. The van der Waals surface area contributed by atoms with Gasteiger partial charge in [0.05, 0.1) is 5.02 Å². The lowest BCUT2D eigenvalue weighted by Crippen LogP contribution is -2.51. The molecule has 0 radical (unpaired) electrons. The van der Waals surface area contributed by atoms with Gasteiger partial charge in [-0.25, -0.2) is 8.42 Å². The molecule has 2 N–H and O–H groups in total. The van der Waals surface area contributed by atoms with E-state index in [0.717, 1.165) is 19.3 Å². The second kappa shape index (κ2) is 6.32. The summed E-state index contributed by atoms with van der Waals surface area (Å²) in [5, 5.41) is 0.230. The van der Waals surface area contributed by atoms with E-state index in [4.69, 9.17) is 17.3 Å². The molecule has 0 saturated carbocycles. The second-order valence-electron chi connectivity index (χ2n) is 5.09. The molecule has 112 valence electrons. The topological polar surface area (TPSA) is 63.4 Å². The van der Waals surface area contributed by atoms with Crippen molar-refractivity contribution < 1.29 is 8.42 Å². The Balaban J connectivity index is 2.48. The fraction of sp³-hybridized carbons (Fsp3) is 0.538. The highest BCUT2D eigenvalue weighted by atomic mass is 79.9. The first kappa shape index (κ1) is 16.2. The highest BCUT2D eigenvalue weighted by molar-refractivity contribution is 9.10. The fourth-order valence-electron chi connectivity index (χ4n) is 2.60. The van der Waals surface area contributed by atoms with Gasteiger partial charge in [-0.05, 0) is 47.8 Å². The van der Waals surface area contributed by atoms with E-state index in [1.165, 1.54) is 4.31 Å². The molecule has 1 heterocycles. The Hall–Kier alpha value is -0.140. The van der Waals surface area contributed by atoms with Gasteiger partial charge in [0, 0.05) is 23.1 Å². The first-order valence-corrected chi connectivity index (χ1v) is 9.18. The van der Waals surface area contributed by atoms with Crippen molar-refractivity contribution in [2.45, 2.75) is 43.2 Å². The molecule has 1 aliphatic rings. The lowest BCUT2D eigenvalue weighted by atomic mass is 10.00. The summed E-state index contributed by atoms with van der Waals surface area (Å²) in [6.07, 6.45) is 2.64. The van der Waals surface area contributed by atoms with E-state index in [-0.39, 0.29) is 22.0 Å². The molecule has 1 saturated heterocycles. The van der Waals surface area contributed by atoms with Gasteiger partial charge in [0.15, 0.2) is 0 Å². The zero-order valence-corrected chi connectivity index (χ0v) is 14.4. The Labute approximate surface area is 133 Å². The van der Waals surface area contributed by atoms with Crippen molar-refractivity contribution >= 4 is 37.6 Å². The molecule has 0 aliphatic carbocycles. The first-order valence-electron chi connectivity index (χ1n) is 6.57. The normalized spacial score (nSPS) is 22.7. The number of rotatable bonds is 3. The SMILES string of the molecule is CC(N)C1CCCCN1S(=O)(=O)c1c(Cl)cccc1Br. The van der Waals surface area contributed by atoms with Crippen LogP contribution in [0.15, 0.2) is 27.6 Å². The largest absolute Gasteiger partial charge is 0.326 e. The van der Waals surface area contributed by atoms with Crippen molar-refractivity contribution in [3.63, 3.8) is 0 Å². The van der Waals surface area contributed by atoms with E-state index in [0.29, 0.717) is 11.0 Å². The number of benzene rings is 1. The summed E-state index contributed by atoms with van der Waals surface area (Å²) in [4.78, 5) is 0.134. The van der Waals surface area contributed by atoms with Crippen molar-refractivity contribution in [1.82, 2.24) is 4.31 Å². The van der Waals surface area contributed by atoms with Crippen LogP contribution in [-0.2, 0) is 10.0 Å². The molecule has 1 aromatic rings. The van der Waals surface area contributed by atoms with Crippen molar-refractivity contribution in [2.75, 3.05) is 6.54 Å². The number of piperidine rings is 1. The Morgan fingerprint density at radius 2 is 2.15 bits per heavy atom. The maximum atomic E-state index is 12.9. The molecule has 2 rings (SSSR count). The quantitative estimate of drug-likeness (QED) is 0.875. The average molecular weight is 382 g/mol. The fourth-order valence-corrected chi connectivity index (χ4v) is 6.05. The molecule has 0 amide bonds. The minimum absolute atomic E-state index is 0.134. The third-order valence-corrected chi connectivity index (χ3v) is 6.97. The van der Waals surface area contributed by atoms with Crippen LogP contribution >= 0.6 is 27.5 Å². The van der Waals surface area contributed by atoms with E-state index < -0.39 is 10.0 Å². The van der Waals surface area contributed by atoms with E-state index >= 15 is 0 Å². The molecular formula is C13H18BrClN2O2S. The molecule has 4 nitrogen and oxygen atoms in total. The van der Waals surface area contributed by atoms with Crippen molar-refractivity contribution in [1.29, 1.82) is 0 Å². The zero-order chi connectivity index (χ0) is 14.9. The van der Waals surface area contributed by atoms with Gasteiger partial charge in [-0.2, -0.15) is 4.31 Å². The number of hydrogen-bond donors (Lipinski definition) is 1. The van der Waals surface area contributed by atoms with Gasteiger partial charge in [-0.3, -0.25) is 0 Å². The molecule has 20 heavy (non-hydrogen) atoms. The van der Waals surface area contributed by atoms with E-state index in [9.17, 15) is 8.42 Å². The van der Waals surface area contributed by atoms with Crippen molar-refractivity contribution in [3.05, 3.63) is 27.7 Å². The summed E-state index contributed by atoms with van der Waals surface area (Å²) >= 11 is 9.38. The number of nitrogens with zero attached hydrogens (tertiary/aromatic N) is 1. The summed E-state index contributed by atoms with van der Waals surface area (Å²) in [5.74, 6) is 0. The smallest absolute Gasteiger partial charge is 0.245 e. The monoisotopic (exact) mass is 380 g/mol. The molecule has 2 unspecified atom stereocenters. The first-order chi connectivity index (χ1) is 9.35. The molecule has 1 aliphatic heterocycles.